The Morgan fingerprint density at radius 3 is 2.48 bits per heavy atom. The first kappa shape index (κ1) is 35.9. The third-order valence-corrected chi connectivity index (χ3v) is 11.2. The van der Waals surface area contributed by atoms with Crippen LogP contribution in [0.25, 0.3) is 16.8 Å². The van der Waals surface area contributed by atoms with E-state index in [0.717, 1.165) is 73.7 Å². The van der Waals surface area contributed by atoms with Gasteiger partial charge < -0.3 is 15.0 Å². The van der Waals surface area contributed by atoms with E-state index < -0.39 is 0 Å². The van der Waals surface area contributed by atoms with Crippen LogP contribution in [0, 0.1) is 0 Å². The molecule has 6 heterocycles. The summed E-state index contributed by atoms with van der Waals surface area (Å²) in [6.07, 6.45) is 17.6. The van der Waals surface area contributed by atoms with E-state index in [4.69, 9.17) is 14.9 Å². The van der Waals surface area contributed by atoms with Crippen LogP contribution in [0.3, 0.4) is 0 Å². The lowest BCUT2D eigenvalue weighted by molar-refractivity contribution is -0.137. The van der Waals surface area contributed by atoms with Gasteiger partial charge in [-0.3, -0.25) is 24.5 Å². The Labute approximate surface area is 316 Å². The van der Waals surface area contributed by atoms with E-state index in [1.165, 1.54) is 56.2 Å². The van der Waals surface area contributed by atoms with Crippen LogP contribution in [0.1, 0.15) is 87.8 Å². The predicted molar refractivity (Wildman–Crippen MR) is 208 cm³/mol. The lowest BCUT2D eigenvalue weighted by Gasteiger charge is -2.32. The number of nitrogens with one attached hydrogen (secondary N) is 2. The number of carbonyl (C=O) groups excluding carboxylic acids is 2. The number of anilines is 2. The number of carbonyl (C=O) groups is 2. The van der Waals surface area contributed by atoms with Crippen LogP contribution < -0.4 is 15.4 Å². The molecule has 2 saturated heterocycles. The molecular weight excluding hydrogens is 679 g/mol. The number of unbranched alkanes of at least 4 members (excludes halogenated alkanes) is 6. The van der Waals surface area contributed by atoms with Gasteiger partial charge in [-0.25, -0.2) is 9.50 Å². The van der Waals surface area contributed by atoms with E-state index in [1.807, 2.05) is 53.3 Å². The number of imide groups is 1. The summed E-state index contributed by atoms with van der Waals surface area (Å²) in [7, 11) is 0. The monoisotopic (exact) mass is 729 g/mol. The first-order valence-corrected chi connectivity index (χ1v) is 19.8. The summed E-state index contributed by atoms with van der Waals surface area (Å²) in [5, 5.41) is 15.3. The minimum absolute atomic E-state index is 0.169. The predicted octanol–water partition coefficient (Wildman–Crippen LogP) is 6.90. The summed E-state index contributed by atoms with van der Waals surface area (Å²) in [4.78, 5) is 33.3. The van der Waals surface area contributed by atoms with Crippen molar-refractivity contribution in [1.82, 2.24) is 39.5 Å². The van der Waals surface area contributed by atoms with Crippen LogP contribution in [0.2, 0.25) is 0 Å². The molecule has 2 fully saturated rings. The van der Waals surface area contributed by atoms with Crippen molar-refractivity contribution in [3.05, 3.63) is 90.4 Å². The van der Waals surface area contributed by atoms with Gasteiger partial charge in [-0.1, -0.05) is 74.6 Å². The molecule has 5 aromatic rings. The number of hydrogen-bond acceptors (Lipinski definition) is 9. The van der Waals surface area contributed by atoms with Crippen LogP contribution in [0.5, 0.6) is 5.75 Å². The zero-order valence-electron chi connectivity index (χ0n) is 31.0. The number of nitrogens with zero attached hydrogens (tertiary/aromatic N) is 7. The molecule has 12 nitrogen and oxygen atoms in total. The molecular formula is C42H51N9O3. The van der Waals surface area contributed by atoms with E-state index >= 15 is 0 Å². The van der Waals surface area contributed by atoms with Gasteiger partial charge >= 0.3 is 0 Å². The Morgan fingerprint density at radius 1 is 0.833 bits per heavy atom. The largest absolute Gasteiger partial charge is 0.493 e. The highest BCUT2D eigenvalue weighted by Crippen LogP contribution is 2.34. The van der Waals surface area contributed by atoms with Gasteiger partial charge in [-0.15, -0.1) is 5.10 Å². The second-order valence-corrected chi connectivity index (χ2v) is 15.0. The Bertz CT molecular complexity index is 2040. The van der Waals surface area contributed by atoms with Gasteiger partial charge in [0.15, 0.2) is 0 Å². The number of likely N-dealkylation sites (tertiary alicyclic amines) is 1. The van der Waals surface area contributed by atoms with Gasteiger partial charge in [0, 0.05) is 49.9 Å². The molecule has 1 atom stereocenters. The highest BCUT2D eigenvalue weighted by Gasteiger charge is 2.35. The summed E-state index contributed by atoms with van der Waals surface area (Å²) < 4.78 is 10.3. The standard InChI is InChI=1S/C42H51N9O3/c52-40-19-18-38(41(53)46-40)49-28-32-14-11-15-39(36(32)30-49)54-25-10-5-3-1-2-4-9-22-48-23-20-34(21-24-48)50-29-33(26-44-50)45-42-43-27-35-16-17-37(51(35)47-42)31-12-7-6-8-13-31/h6-8,11-17,26-27,29,34,38H,1-5,9-10,18-25,28,30H2,(H,45,47)(H,46,52,53). The van der Waals surface area contributed by atoms with Crippen LogP contribution >= 0.6 is 0 Å². The molecule has 2 amide bonds. The third-order valence-electron chi connectivity index (χ3n) is 11.2. The normalized spacial score (nSPS) is 18.3. The Balaban J connectivity index is 0.684. The molecule has 8 rings (SSSR count). The fourth-order valence-electron chi connectivity index (χ4n) is 8.23. The second-order valence-electron chi connectivity index (χ2n) is 15.0. The van der Waals surface area contributed by atoms with Crippen molar-refractivity contribution in [2.75, 3.05) is 31.6 Å². The molecule has 2 N–H and O–H groups in total. The Hall–Kier alpha value is -5.07. The maximum absolute atomic E-state index is 12.4. The summed E-state index contributed by atoms with van der Waals surface area (Å²) in [5.74, 6) is 1.14. The van der Waals surface area contributed by atoms with Crippen molar-refractivity contribution in [3.63, 3.8) is 0 Å². The number of rotatable bonds is 16. The van der Waals surface area contributed by atoms with E-state index in [-0.39, 0.29) is 17.9 Å². The van der Waals surface area contributed by atoms with Crippen LogP contribution in [-0.4, -0.2) is 78.3 Å². The van der Waals surface area contributed by atoms with E-state index in [9.17, 15) is 9.59 Å². The molecule has 0 saturated carbocycles. The molecule has 282 valence electrons. The van der Waals surface area contributed by atoms with Gasteiger partial charge in [-0.05, 0) is 62.4 Å². The molecule has 3 aromatic heterocycles. The van der Waals surface area contributed by atoms with Gasteiger partial charge in [0.2, 0.25) is 17.8 Å². The van der Waals surface area contributed by atoms with Crippen molar-refractivity contribution in [1.29, 1.82) is 0 Å². The first-order chi connectivity index (χ1) is 26.6. The van der Waals surface area contributed by atoms with Crippen LogP contribution in [0.4, 0.5) is 11.6 Å². The Kier molecular flexibility index (Phi) is 11.3. The maximum atomic E-state index is 12.4. The summed E-state index contributed by atoms with van der Waals surface area (Å²) in [5.41, 5.74) is 6.41. The highest BCUT2D eigenvalue weighted by atomic mass is 16.5. The smallest absolute Gasteiger partial charge is 0.245 e. The molecule has 0 spiro atoms. The van der Waals surface area contributed by atoms with Crippen molar-refractivity contribution in [2.45, 2.75) is 95.8 Å². The topological polar surface area (TPSA) is 122 Å². The van der Waals surface area contributed by atoms with Crippen LogP contribution in [0.15, 0.2) is 79.3 Å². The van der Waals surface area contributed by atoms with Gasteiger partial charge in [-0.2, -0.15) is 5.10 Å². The highest BCUT2D eigenvalue weighted by molar-refractivity contribution is 6.00. The lowest BCUT2D eigenvalue weighted by atomic mass is 10.0. The molecule has 2 aromatic carbocycles. The number of benzene rings is 2. The molecule has 0 radical (unpaired) electrons. The number of amides is 2. The molecule has 3 aliphatic rings. The molecule has 12 heteroatoms. The number of fused-ring (bicyclic) bond motifs is 2. The van der Waals surface area contributed by atoms with Crippen molar-refractivity contribution in [2.24, 2.45) is 0 Å². The van der Waals surface area contributed by atoms with Crippen molar-refractivity contribution < 1.29 is 14.3 Å². The van der Waals surface area contributed by atoms with Crippen LogP contribution in [-0.2, 0) is 22.7 Å². The molecule has 0 aliphatic carbocycles. The van der Waals surface area contributed by atoms with Crippen molar-refractivity contribution in [3.8, 4) is 17.0 Å². The summed E-state index contributed by atoms with van der Waals surface area (Å²) in [6.45, 7) is 5.54. The molecule has 54 heavy (non-hydrogen) atoms. The number of aromatic nitrogens is 5. The minimum atomic E-state index is -0.245. The number of hydrogen-bond donors (Lipinski definition) is 2. The number of ether oxygens (including phenoxy) is 1. The lowest BCUT2D eigenvalue weighted by Crippen LogP contribution is -2.50. The maximum Gasteiger partial charge on any atom is 0.245 e. The van der Waals surface area contributed by atoms with E-state index in [2.05, 4.69) is 60.6 Å². The average Bonchev–Trinajstić information content (AvgIpc) is 3.95. The summed E-state index contributed by atoms with van der Waals surface area (Å²) in [6, 6.07) is 20.8. The zero-order chi connectivity index (χ0) is 36.7. The Morgan fingerprint density at radius 2 is 1.65 bits per heavy atom. The molecule has 3 aliphatic heterocycles. The zero-order valence-corrected chi connectivity index (χ0v) is 31.0. The first-order valence-electron chi connectivity index (χ1n) is 19.8. The molecule has 1 unspecified atom stereocenters. The van der Waals surface area contributed by atoms with Gasteiger partial charge in [0.05, 0.1) is 48.0 Å². The average molecular weight is 730 g/mol. The third kappa shape index (κ3) is 8.50. The second kappa shape index (κ2) is 16.9. The quantitative estimate of drug-likeness (QED) is 0.0825. The fourth-order valence-corrected chi connectivity index (χ4v) is 8.23. The fraction of sp³-hybridized carbons (Fsp3) is 0.452. The van der Waals surface area contributed by atoms with Crippen molar-refractivity contribution >= 4 is 29.0 Å². The van der Waals surface area contributed by atoms with E-state index in [0.29, 0.717) is 31.4 Å². The van der Waals surface area contributed by atoms with Gasteiger partial charge in [0.25, 0.3) is 0 Å². The summed E-state index contributed by atoms with van der Waals surface area (Å²) >= 11 is 0. The minimum Gasteiger partial charge on any atom is -0.493 e. The van der Waals surface area contributed by atoms with Gasteiger partial charge in [0.1, 0.15) is 5.75 Å². The van der Waals surface area contributed by atoms with E-state index in [1.54, 1.807) is 0 Å². The number of piperidine rings is 2. The molecule has 0 bridgehead atoms. The SMILES string of the molecule is O=C1CCC(N2Cc3cccc(OCCCCCCCCCN4CCC(n5cc(Nc6ncc7ccc(-c8ccccc8)n7n6)cn5)CC4)c3C2)C(=O)N1.